The predicted octanol–water partition coefficient (Wildman–Crippen LogP) is 3.92. The highest BCUT2D eigenvalue weighted by Gasteiger charge is 2.18. The molecule has 1 heterocycles. The molecule has 7 nitrogen and oxygen atoms in total. The van der Waals surface area contributed by atoms with E-state index in [0.717, 1.165) is 49.9 Å². The molecule has 0 saturated carbocycles. The van der Waals surface area contributed by atoms with Crippen molar-refractivity contribution >= 4 is 22.6 Å². The number of fused-ring (bicyclic) bond motifs is 1. The van der Waals surface area contributed by atoms with Gasteiger partial charge in [0.05, 0.1) is 0 Å². The smallest absolute Gasteiger partial charge is 0.360 e. The molecule has 0 aliphatic rings. The van der Waals surface area contributed by atoms with Crippen LogP contribution in [0.2, 0.25) is 0 Å². The van der Waals surface area contributed by atoms with Crippen LogP contribution < -0.4 is 10.9 Å². The number of amides is 1. The number of hydrogen-bond acceptors (Lipinski definition) is 6. The summed E-state index contributed by atoms with van der Waals surface area (Å²) in [5.74, 6) is -0.360. The van der Waals surface area contributed by atoms with Gasteiger partial charge in [-0.2, -0.15) is 0 Å². The summed E-state index contributed by atoms with van der Waals surface area (Å²) in [5, 5.41) is 14.0. The van der Waals surface area contributed by atoms with Gasteiger partial charge in [0.1, 0.15) is 5.69 Å². The summed E-state index contributed by atoms with van der Waals surface area (Å²) in [7, 11) is 4.07. The second kappa shape index (κ2) is 11.1. The van der Waals surface area contributed by atoms with Gasteiger partial charge in [-0.25, -0.2) is 4.79 Å². The summed E-state index contributed by atoms with van der Waals surface area (Å²) in [6.07, 6.45) is 4.37. The second-order valence-electron chi connectivity index (χ2n) is 8.10. The van der Waals surface area contributed by atoms with Crippen LogP contribution >= 0.6 is 0 Å². The van der Waals surface area contributed by atoms with Crippen molar-refractivity contribution in [3.63, 3.8) is 0 Å². The number of anilines is 1. The highest BCUT2D eigenvalue weighted by Crippen LogP contribution is 2.33. The Morgan fingerprint density at radius 3 is 2.13 bits per heavy atom. The van der Waals surface area contributed by atoms with Gasteiger partial charge in [-0.05, 0) is 57.7 Å². The van der Waals surface area contributed by atoms with Crippen LogP contribution in [0.1, 0.15) is 57.6 Å². The molecule has 0 atom stereocenters. The van der Waals surface area contributed by atoms with E-state index in [-0.39, 0.29) is 22.9 Å². The lowest BCUT2D eigenvalue weighted by Crippen LogP contribution is -2.21. The van der Waals surface area contributed by atoms with E-state index in [2.05, 4.69) is 36.0 Å². The fourth-order valence-corrected chi connectivity index (χ4v) is 3.51. The Morgan fingerprint density at radius 2 is 1.60 bits per heavy atom. The van der Waals surface area contributed by atoms with E-state index in [1.54, 1.807) is 6.07 Å². The third-order valence-corrected chi connectivity index (χ3v) is 5.14. The Hall–Kier alpha value is -2.38. The minimum absolute atomic E-state index is 0.0141. The largest absolute Gasteiger partial charge is 0.504 e. The van der Waals surface area contributed by atoms with Gasteiger partial charge in [0.15, 0.2) is 11.3 Å². The van der Waals surface area contributed by atoms with Crippen molar-refractivity contribution in [1.82, 2.24) is 9.80 Å². The molecule has 1 amide bonds. The molecule has 0 saturated heterocycles. The van der Waals surface area contributed by atoms with E-state index in [1.807, 2.05) is 13.1 Å². The van der Waals surface area contributed by atoms with Gasteiger partial charge in [-0.3, -0.25) is 4.79 Å². The van der Waals surface area contributed by atoms with E-state index in [1.165, 1.54) is 6.92 Å². The summed E-state index contributed by atoms with van der Waals surface area (Å²) in [6.45, 7) is 8.72. The fourth-order valence-electron chi connectivity index (χ4n) is 3.51. The second-order valence-corrected chi connectivity index (χ2v) is 8.10. The molecule has 0 unspecified atom stereocenters. The molecule has 0 fully saturated rings. The molecular weight excluding hydrogens is 382 g/mol. The Balaban J connectivity index is 2.54. The number of phenols is 1. The normalized spacial score (nSPS) is 11.6. The topological polar surface area (TPSA) is 86.0 Å². The first-order valence-corrected chi connectivity index (χ1v) is 10.7. The molecule has 0 aliphatic heterocycles. The lowest BCUT2D eigenvalue weighted by atomic mass is 10.0. The summed E-state index contributed by atoms with van der Waals surface area (Å²) in [6, 6.07) is 3.59. The fraction of sp³-hybridized carbons (Fsp3) is 0.565. The highest BCUT2D eigenvalue weighted by molar-refractivity contribution is 5.93. The number of phenolic OH excluding ortho intramolecular Hbond substituents is 1. The van der Waals surface area contributed by atoms with Gasteiger partial charge < -0.3 is 24.6 Å². The van der Waals surface area contributed by atoms with Crippen molar-refractivity contribution in [3.8, 4) is 5.75 Å². The molecule has 2 aromatic rings. The molecule has 7 heteroatoms. The number of benzene rings is 1. The number of carbonyl (C=O) groups is 1. The lowest BCUT2D eigenvalue weighted by Gasteiger charge is -2.21. The van der Waals surface area contributed by atoms with Crippen LogP contribution in [0.3, 0.4) is 0 Å². The quantitative estimate of drug-likeness (QED) is 0.539. The van der Waals surface area contributed by atoms with E-state index >= 15 is 0 Å². The Kier molecular flexibility index (Phi) is 8.87. The zero-order valence-corrected chi connectivity index (χ0v) is 18.9. The van der Waals surface area contributed by atoms with Crippen molar-refractivity contribution in [2.45, 2.75) is 59.5 Å². The summed E-state index contributed by atoms with van der Waals surface area (Å²) < 4.78 is 5.47. The molecule has 2 rings (SSSR count). The molecule has 1 aromatic carbocycles. The number of aromatic hydroxyl groups is 1. The first kappa shape index (κ1) is 23.9. The van der Waals surface area contributed by atoms with E-state index < -0.39 is 5.63 Å². The van der Waals surface area contributed by atoms with Crippen LogP contribution in [0.15, 0.2) is 21.3 Å². The molecule has 0 aliphatic carbocycles. The van der Waals surface area contributed by atoms with Crippen molar-refractivity contribution in [3.05, 3.63) is 33.7 Å². The summed E-state index contributed by atoms with van der Waals surface area (Å²) >= 11 is 0. The summed E-state index contributed by atoms with van der Waals surface area (Å²) in [5.41, 5.74) is 1.27. The highest BCUT2D eigenvalue weighted by atomic mass is 16.4. The maximum Gasteiger partial charge on any atom is 0.360 e. The number of carbonyl (C=O) groups excluding carboxylic acids is 1. The maximum absolute atomic E-state index is 12.4. The molecule has 1 aromatic heterocycles. The first-order valence-electron chi connectivity index (χ1n) is 10.7. The minimum atomic E-state index is -0.672. The number of hydrogen-bond donors (Lipinski definition) is 2. The SMILES string of the molecule is CCCCN(C)Cc1cc(CN(C)CCCC)c2cc(NC(C)=O)c(=O)oc2c1O. The number of unbranched alkanes of at least 4 members (excludes halogenated alkanes) is 2. The molecule has 0 bridgehead atoms. The van der Waals surface area contributed by atoms with Gasteiger partial charge in [0.2, 0.25) is 5.91 Å². The molecule has 0 spiro atoms. The van der Waals surface area contributed by atoms with Gasteiger partial charge in [0, 0.05) is 31.0 Å². The lowest BCUT2D eigenvalue weighted by molar-refractivity contribution is -0.114. The zero-order chi connectivity index (χ0) is 22.3. The van der Waals surface area contributed by atoms with E-state index in [4.69, 9.17) is 4.42 Å². The van der Waals surface area contributed by atoms with Crippen LogP contribution in [0.25, 0.3) is 11.0 Å². The van der Waals surface area contributed by atoms with Crippen molar-refractivity contribution in [2.75, 3.05) is 32.5 Å². The van der Waals surface area contributed by atoms with Crippen molar-refractivity contribution in [1.29, 1.82) is 0 Å². The van der Waals surface area contributed by atoms with Crippen LogP contribution in [-0.4, -0.2) is 48.0 Å². The Morgan fingerprint density at radius 1 is 1.03 bits per heavy atom. The number of nitrogens with zero attached hydrogens (tertiary/aromatic N) is 2. The van der Waals surface area contributed by atoms with Crippen molar-refractivity contribution < 1.29 is 14.3 Å². The van der Waals surface area contributed by atoms with Crippen LogP contribution in [0, 0.1) is 0 Å². The third-order valence-electron chi connectivity index (χ3n) is 5.14. The molecule has 2 N–H and O–H groups in total. The van der Waals surface area contributed by atoms with Gasteiger partial charge >= 0.3 is 5.63 Å². The predicted molar refractivity (Wildman–Crippen MR) is 121 cm³/mol. The number of rotatable bonds is 11. The van der Waals surface area contributed by atoms with Gasteiger partial charge in [-0.1, -0.05) is 26.7 Å². The van der Waals surface area contributed by atoms with Gasteiger partial charge in [0.25, 0.3) is 0 Å². The minimum Gasteiger partial charge on any atom is -0.504 e. The molecule has 166 valence electrons. The van der Waals surface area contributed by atoms with Crippen LogP contribution in [-0.2, 0) is 17.9 Å². The van der Waals surface area contributed by atoms with E-state index in [0.29, 0.717) is 18.5 Å². The third kappa shape index (κ3) is 6.31. The molecular formula is C23H35N3O4. The summed E-state index contributed by atoms with van der Waals surface area (Å²) in [4.78, 5) is 28.2. The van der Waals surface area contributed by atoms with Crippen LogP contribution in [0.4, 0.5) is 5.69 Å². The van der Waals surface area contributed by atoms with Gasteiger partial charge in [-0.15, -0.1) is 0 Å². The Bertz CT molecular complexity index is 923. The van der Waals surface area contributed by atoms with Crippen LogP contribution in [0.5, 0.6) is 5.75 Å². The van der Waals surface area contributed by atoms with E-state index in [9.17, 15) is 14.7 Å². The molecule has 30 heavy (non-hydrogen) atoms. The average molecular weight is 418 g/mol. The standard InChI is InChI=1S/C23H35N3O4/c1-6-8-10-25(4)14-17-12-18(15-26(5)11-9-7-2)21(28)22-19(17)13-20(23(29)30-22)24-16(3)27/h12-13,28H,6-11,14-15H2,1-5H3,(H,24,27). The maximum atomic E-state index is 12.4. The first-order chi connectivity index (χ1) is 14.3. The monoisotopic (exact) mass is 417 g/mol. The van der Waals surface area contributed by atoms with Crippen molar-refractivity contribution in [2.24, 2.45) is 0 Å². The zero-order valence-electron chi connectivity index (χ0n) is 18.9. The molecule has 0 radical (unpaired) electrons. The average Bonchev–Trinajstić information content (AvgIpc) is 2.69. The Labute approximate surface area is 178 Å². The number of nitrogens with one attached hydrogen (secondary N) is 1.